The summed E-state index contributed by atoms with van der Waals surface area (Å²) in [5.41, 5.74) is 2.24. The summed E-state index contributed by atoms with van der Waals surface area (Å²) in [6, 6.07) is 13.8. The molecule has 4 rings (SSSR count). The highest BCUT2D eigenvalue weighted by Gasteiger charge is 2.47. The molecule has 0 saturated carbocycles. The summed E-state index contributed by atoms with van der Waals surface area (Å²) in [4.78, 5) is 27.7. The van der Waals surface area contributed by atoms with Gasteiger partial charge in [-0.15, -0.1) is 0 Å². The largest absolute Gasteiger partial charge is 0.497 e. The monoisotopic (exact) mass is 520 g/mol. The average molecular weight is 521 g/mol. The van der Waals surface area contributed by atoms with Gasteiger partial charge in [0.1, 0.15) is 11.4 Å². The smallest absolute Gasteiger partial charge is 0.415 e. The third-order valence-corrected chi connectivity index (χ3v) is 6.94. The Bertz CT molecular complexity index is 1210. The van der Waals surface area contributed by atoms with Crippen molar-refractivity contribution >= 4 is 23.5 Å². The number of nitrogens with zero attached hydrogens (tertiary/aromatic N) is 2. The van der Waals surface area contributed by atoms with Crippen LogP contribution in [0, 0.1) is 5.41 Å². The first-order chi connectivity index (χ1) is 18.0. The second kappa shape index (κ2) is 10.9. The van der Waals surface area contributed by atoms with Gasteiger partial charge in [0.05, 0.1) is 24.9 Å². The van der Waals surface area contributed by atoms with Crippen LogP contribution in [0.1, 0.15) is 49.5 Å². The lowest BCUT2D eigenvalue weighted by Gasteiger charge is -2.37. The third kappa shape index (κ3) is 6.34. The van der Waals surface area contributed by atoms with Gasteiger partial charge in [0, 0.05) is 61.0 Å². The van der Waals surface area contributed by atoms with Gasteiger partial charge in [0.15, 0.2) is 0 Å². The summed E-state index contributed by atoms with van der Waals surface area (Å²) in [5.74, 6) is -0.255. The summed E-state index contributed by atoms with van der Waals surface area (Å²) in [6.07, 6.45) is 2.89. The zero-order chi connectivity index (χ0) is 27.5. The minimum absolute atomic E-state index is 0.137. The van der Waals surface area contributed by atoms with E-state index in [9.17, 15) is 9.59 Å². The van der Waals surface area contributed by atoms with Gasteiger partial charge in [-0.3, -0.25) is 15.2 Å². The van der Waals surface area contributed by atoms with Gasteiger partial charge in [-0.1, -0.05) is 0 Å². The Kier molecular flexibility index (Phi) is 7.78. The summed E-state index contributed by atoms with van der Waals surface area (Å²) in [6.45, 7) is 8.72. The molecule has 0 aromatic heterocycles. The Labute approximate surface area is 223 Å². The predicted octanol–water partition coefficient (Wildman–Crippen LogP) is 4.52. The normalized spacial score (nSPS) is 17.8. The number of aromatic carboxylic acids is 1. The van der Waals surface area contributed by atoms with Crippen molar-refractivity contribution in [2.24, 2.45) is 0 Å². The van der Waals surface area contributed by atoms with Gasteiger partial charge in [-0.25, -0.2) is 9.59 Å². The van der Waals surface area contributed by atoms with E-state index >= 15 is 0 Å². The third-order valence-electron chi connectivity index (χ3n) is 6.94. The van der Waals surface area contributed by atoms with Crippen LogP contribution < -0.4 is 15.0 Å². The second-order valence-corrected chi connectivity index (χ2v) is 10.9. The predicted molar refractivity (Wildman–Crippen MR) is 146 cm³/mol. The van der Waals surface area contributed by atoms with Crippen molar-refractivity contribution < 1.29 is 24.2 Å². The van der Waals surface area contributed by atoms with Crippen molar-refractivity contribution in [2.45, 2.75) is 44.8 Å². The van der Waals surface area contributed by atoms with E-state index in [-0.39, 0.29) is 11.1 Å². The number of hydrogen-bond donors (Lipinski definition) is 3. The zero-order valence-electron chi connectivity index (χ0n) is 22.4. The van der Waals surface area contributed by atoms with Crippen molar-refractivity contribution in [3.63, 3.8) is 0 Å². The molecule has 0 atom stereocenters. The van der Waals surface area contributed by atoms with Crippen LogP contribution in [0.4, 0.5) is 10.5 Å². The number of carboxylic acids is 1. The van der Waals surface area contributed by atoms with Gasteiger partial charge in [0.2, 0.25) is 0 Å². The Morgan fingerprint density at radius 2 is 1.71 bits per heavy atom. The van der Waals surface area contributed by atoms with Crippen LogP contribution in [-0.4, -0.2) is 72.2 Å². The number of anilines is 1. The minimum atomic E-state index is -1.00. The number of nitrogens with one attached hydrogen (secondary N) is 2. The van der Waals surface area contributed by atoms with Crippen molar-refractivity contribution in [1.29, 1.82) is 5.41 Å². The molecule has 9 heteroatoms. The molecule has 2 aliphatic rings. The molecule has 2 heterocycles. The number of ether oxygens (including phenoxy) is 2. The SMILES string of the molecule is COc1ccc(C(=N)/C(=C\NC(C)(C)C)CN2CCC3(CC2)CN(c2ccc(C(=O)O)cc2)C(=O)O3)cc1. The first-order valence-electron chi connectivity index (χ1n) is 12.7. The Morgan fingerprint density at radius 1 is 1.11 bits per heavy atom. The number of methoxy groups -OCH3 is 1. The number of hydrogen-bond acceptors (Lipinski definition) is 7. The number of piperidine rings is 1. The fraction of sp³-hybridized carbons (Fsp3) is 0.414. The topological polar surface area (TPSA) is 115 Å². The quantitative estimate of drug-likeness (QED) is 0.438. The van der Waals surface area contributed by atoms with Gasteiger partial charge >= 0.3 is 12.1 Å². The average Bonchev–Trinajstić information content (AvgIpc) is 3.22. The lowest BCUT2D eigenvalue weighted by molar-refractivity contribution is 0.00327. The van der Waals surface area contributed by atoms with Gasteiger partial charge < -0.3 is 19.9 Å². The second-order valence-electron chi connectivity index (χ2n) is 10.9. The molecular formula is C29H36N4O5. The van der Waals surface area contributed by atoms with E-state index in [1.165, 1.54) is 12.1 Å². The van der Waals surface area contributed by atoms with Crippen LogP contribution in [-0.2, 0) is 4.74 Å². The van der Waals surface area contributed by atoms with Crippen molar-refractivity contribution in [3.05, 3.63) is 71.4 Å². The molecule has 9 nitrogen and oxygen atoms in total. The number of carbonyl (C=O) groups excluding carboxylic acids is 1. The number of likely N-dealkylation sites (tertiary alicyclic amines) is 1. The fourth-order valence-corrected chi connectivity index (χ4v) is 4.67. The molecule has 2 aromatic rings. The van der Waals surface area contributed by atoms with E-state index in [2.05, 4.69) is 31.0 Å². The van der Waals surface area contributed by atoms with E-state index in [0.29, 0.717) is 37.3 Å². The highest BCUT2D eigenvalue weighted by Crippen LogP contribution is 2.36. The summed E-state index contributed by atoms with van der Waals surface area (Å²) in [7, 11) is 1.62. The van der Waals surface area contributed by atoms with Gasteiger partial charge in [-0.2, -0.15) is 0 Å². The molecule has 1 spiro atoms. The Balaban J connectivity index is 1.42. The van der Waals surface area contributed by atoms with Crippen LogP contribution in [0.2, 0.25) is 0 Å². The molecule has 2 aromatic carbocycles. The molecule has 0 radical (unpaired) electrons. The lowest BCUT2D eigenvalue weighted by Crippen LogP contribution is -2.47. The van der Waals surface area contributed by atoms with E-state index in [1.807, 2.05) is 30.5 Å². The molecule has 1 amide bonds. The number of carbonyl (C=O) groups is 2. The van der Waals surface area contributed by atoms with E-state index in [4.69, 9.17) is 20.0 Å². The zero-order valence-corrected chi connectivity index (χ0v) is 22.4. The van der Waals surface area contributed by atoms with Crippen LogP contribution in [0.5, 0.6) is 5.75 Å². The Hall–Kier alpha value is -3.85. The Morgan fingerprint density at radius 3 is 2.26 bits per heavy atom. The summed E-state index contributed by atoms with van der Waals surface area (Å²) < 4.78 is 11.1. The van der Waals surface area contributed by atoms with Crippen molar-refractivity contribution in [1.82, 2.24) is 10.2 Å². The van der Waals surface area contributed by atoms with Crippen LogP contribution in [0.25, 0.3) is 0 Å². The van der Waals surface area contributed by atoms with Crippen LogP contribution in [0.3, 0.4) is 0 Å². The number of amides is 1. The lowest BCUT2D eigenvalue weighted by atomic mass is 9.90. The molecular weight excluding hydrogens is 484 g/mol. The highest BCUT2D eigenvalue weighted by atomic mass is 16.6. The number of benzene rings is 2. The van der Waals surface area contributed by atoms with E-state index in [1.54, 1.807) is 24.1 Å². The molecule has 38 heavy (non-hydrogen) atoms. The fourth-order valence-electron chi connectivity index (χ4n) is 4.67. The van der Waals surface area contributed by atoms with Crippen LogP contribution in [0.15, 0.2) is 60.3 Å². The van der Waals surface area contributed by atoms with Crippen LogP contribution >= 0.6 is 0 Å². The maximum Gasteiger partial charge on any atom is 0.415 e. The first-order valence-corrected chi connectivity index (χ1v) is 12.7. The standard InChI is InChI=1S/C29H36N4O5/c1-28(2,3)31-17-22(25(30)20-7-11-24(37-4)12-8-20)18-32-15-13-29(14-16-32)19-33(27(36)38-29)23-9-5-21(6-10-23)26(34)35/h5-12,17,30-31H,13-16,18-19H2,1-4H3,(H,34,35)/b22-17-,30-25?. The first kappa shape index (κ1) is 27.2. The van der Waals surface area contributed by atoms with Crippen molar-refractivity contribution in [3.8, 4) is 5.75 Å². The molecule has 0 aliphatic carbocycles. The van der Waals surface area contributed by atoms with E-state index < -0.39 is 17.7 Å². The van der Waals surface area contributed by atoms with Crippen molar-refractivity contribution in [2.75, 3.05) is 38.2 Å². The van der Waals surface area contributed by atoms with E-state index in [0.717, 1.165) is 30.0 Å². The molecule has 0 bridgehead atoms. The molecule has 3 N–H and O–H groups in total. The summed E-state index contributed by atoms with van der Waals surface area (Å²) in [5, 5.41) is 21.4. The molecule has 202 valence electrons. The molecule has 2 aliphatic heterocycles. The highest BCUT2D eigenvalue weighted by molar-refractivity contribution is 6.10. The van der Waals surface area contributed by atoms with Gasteiger partial charge in [-0.05, 0) is 69.3 Å². The summed E-state index contributed by atoms with van der Waals surface area (Å²) >= 11 is 0. The molecule has 2 saturated heterocycles. The minimum Gasteiger partial charge on any atom is -0.497 e. The van der Waals surface area contributed by atoms with Gasteiger partial charge in [0.25, 0.3) is 0 Å². The molecule has 2 fully saturated rings. The maximum atomic E-state index is 12.7. The maximum absolute atomic E-state index is 12.7. The number of carboxylic acid groups (broad SMARTS) is 1. The number of rotatable bonds is 8. The molecule has 0 unspecified atom stereocenters.